The van der Waals surface area contributed by atoms with E-state index in [1.807, 2.05) is 6.92 Å². The molecule has 2 rings (SSSR count). The van der Waals surface area contributed by atoms with Gasteiger partial charge in [-0.25, -0.2) is 0 Å². The van der Waals surface area contributed by atoms with Crippen LogP contribution in [0.3, 0.4) is 0 Å². The molecule has 0 aliphatic rings. The van der Waals surface area contributed by atoms with Gasteiger partial charge in [-0.15, -0.1) is 0 Å². The highest BCUT2D eigenvalue weighted by atomic mass is 16.6. The number of rotatable bonds is 5. The summed E-state index contributed by atoms with van der Waals surface area (Å²) in [4.78, 5) is 22.3. The van der Waals surface area contributed by atoms with Crippen LogP contribution in [0.4, 0.5) is 11.5 Å². The van der Waals surface area contributed by atoms with Crippen molar-refractivity contribution in [2.75, 3.05) is 11.9 Å². The van der Waals surface area contributed by atoms with E-state index in [1.165, 1.54) is 16.8 Å². The van der Waals surface area contributed by atoms with Gasteiger partial charge in [0.15, 0.2) is 12.4 Å². The van der Waals surface area contributed by atoms with Crippen molar-refractivity contribution < 1.29 is 14.5 Å². The second kappa shape index (κ2) is 6.25. The summed E-state index contributed by atoms with van der Waals surface area (Å²) >= 11 is 0. The Morgan fingerprint density at radius 3 is 2.73 bits per heavy atom. The van der Waals surface area contributed by atoms with E-state index in [4.69, 9.17) is 4.74 Å². The van der Waals surface area contributed by atoms with Gasteiger partial charge in [-0.3, -0.25) is 19.6 Å². The quantitative estimate of drug-likeness (QED) is 0.672. The van der Waals surface area contributed by atoms with Gasteiger partial charge in [-0.1, -0.05) is 6.07 Å². The highest BCUT2D eigenvalue weighted by molar-refractivity contribution is 5.91. The van der Waals surface area contributed by atoms with E-state index < -0.39 is 10.8 Å². The van der Waals surface area contributed by atoms with Crippen molar-refractivity contribution in [3.8, 4) is 5.75 Å². The standard InChI is InChI=1S/C14H16N4O4/c1-9-4-5-12(11(6-9)18(20)21)22-8-14(19)15-13-7-10(2)16-17(13)3/h4-7H,8H2,1-3H3,(H,15,19). The van der Waals surface area contributed by atoms with Gasteiger partial charge in [-0.05, 0) is 25.5 Å². The third kappa shape index (κ3) is 3.60. The average Bonchev–Trinajstić information content (AvgIpc) is 2.75. The Hall–Kier alpha value is -2.90. The Morgan fingerprint density at radius 1 is 1.41 bits per heavy atom. The molecule has 0 aliphatic heterocycles. The number of aryl methyl sites for hydroxylation is 3. The Balaban J connectivity index is 2.02. The lowest BCUT2D eigenvalue weighted by Crippen LogP contribution is -2.21. The van der Waals surface area contributed by atoms with Crippen LogP contribution in [0.25, 0.3) is 0 Å². The Morgan fingerprint density at radius 2 is 2.14 bits per heavy atom. The number of carbonyl (C=O) groups excluding carboxylic acids is 1. The highest BCUT2D eigenvalue weighted by Crippen LogP contribution is 2.27. The van der Waals surface area contributed by atoms with Crippen molar-refractivity contribution in [3.63, 3.8) is 0 Å². The smallest absolute Gasteiger partial charge is 0.311 e. The molecule has 0 radical (unpaired) electrons. The average molecular weight is 304 g/mol. The lowest BCUT2D eigenvalue weighted by Gasteiger charge is -2.08. The lowest BCUT2D eigenvalue weighted by molar-refractivity contribution is -0.385. The van der Waals surface area contributed by atoms with Crippen molar-refractivity contribution in [2.45, 2.75) is 13.8 Å². The van der Waals surface area contributed by atoms with Crippen LogP contribution in [0.1, 0.15) is 11.3 Å². The summed E-state index contributed by atoms with van der Waals surface area (Å²) in [6, 6.07) is 6.28. The van der Waals surface area contributed by atoms with Gasteiger partial charge in [0.1, 0.15) is 5.82 Å². The summed E-state index contributed by atoms with van der Waals surface area (Å²) in [5, 5.41) is 17.7. The number of anilines is 1. The number of nitrogens with one attached hydrogen (secondary N) is 1. The normalized spacial score (nSPS) is 10.3. The first-order valence-corrected chi connectivity index (χ1v) is 6.55. The van der Waals surface area contributed by atoms with Crippen LogP contribution in [-0.2, 0) is 11.8 Å². The van der Waals surface area contributed by atoms with Gasteiger partial charge in [0.2, 0.25) is 0 Å². The van der Waals surface area contributed by atoms with Gasteiger partial charge < -0.3 is 10.1 Å². The maximum atomic E-state index is 11.8. The summed E-state index contributed by atoms with van der Waals surface area (Å²) in [5.74, 6) is 0.175. The van der Waals surface area contributed by atoms with Gasteiger partial charge in [-0.2, -0.15) is 5.10 Å². The first kappa shape index (κ1) is 15.5. The first-order chi connectivity index (χ1) is 10.4. The van der Waals surface area contributed by atoms with Crippen LogP contribution in [0.2, 0.25) is 0 Å². The molecule has 22 heavy (non-hydrogen) atoms. The van der Waals surface area contributed by atoms with Crippen molar-refractivity contribution in [1.82, 2.24) is 9.78 Å². The molecule has 1 amide bonds. The largest absolute Gasteiger partial charge is 0.477 e. The number of ether oxygens (including phenoxy) is 1. The fraction of sp³-hybridized carbons (Fsp3) is 0.286. The SMILES string of the molecule is Cc1ccc(OCC(=O)Nc2cc(C)nn2C)c([N+](=O)[O-])c1. The molecule has 0 aliphatic carbocycles. The van der Waals surface area contributed by atoms with Gasteiger partial charge in [0.25, 0.3) is 5.91 Å². The monoisotopic (exact) mass is 304 g/mol. The minimum Gasteiger partial charge on any atom is -0.477 e. The molecule has 116 valence electrons. The minimum atomic E-state index is -0.537. The zero-order chi connectivity index (χ0) is 16.3. The predicted molar refractivity (Wildman–Crippen MR) is 79.9 cm³/mol. The number of carbonyl (C=O) groups is 1. The zero-order valence-corrected chi connectivity index (χ0v) is 12.5. The van der Waals surface area contributed by atoms with E-state index in [-0.39, 0.29) is 18.0 Å². The molecule has 0 saturated carbocycles. The zero-order valence-electron chi connectivity index (χ0n) is 12.5. The molecule has 1 N–H and O–H groups in total. The van der Waals surface area contributed by atoms with Crippen LogP contribution in [-0.4, -0.2) is 27.2 Å². The van der Waals surface area contributed by atoms with E-state index in [1.54, 1.807) is 26.1 Å². The predicted octanol–water partition coefficient (Wildman–Crippen LogP) is 1.96. The fourth-order valence-corrected chi connectivity index (χ4v) is 1.94. The number of amides is 1. The van der Waals surface area contributed by atoms with E-state index in [2.05, 4.69) is 10.4 Å². The lowest BCUT2D eigenvalue weighted by atomic mass is 10.2. The minimum absolute atomic E-state index is 0.0620. The third-order valence-corrected chi connectivity index (χ3v) is 2.94. The molecule has 1 aromatic heterocycles. The van der Waals surface area contributed by atoms with Gasteiger partial charge in [0.05, 0.1) is 10.6 Å². The van der Waals surface area contributed by atoms with E-state index in [0.717, 1.165) is 11.3 Å². The van der Waals surface area contributed by atoms with E-state index in [0.29, 0.717) is 5.82 Å². The Bertz CT molecular complexity index is 724. The van der Waals surface area contributed by atoms with Gasteiger partial charge in [0, 0.05) is 19.2 Å². The summed E-state index contributed by atoms with van der Waals surface area (Å²) in [6.07, 6.45) is 0. The molecule has 0 atom stereocenters. The Labute approximate surface area is 126 Å². The van der Waals surface area contributed by atoms with E-state index in [9.17, 15) is 14.9 Å². The number of hydrogen-bond acceptors (Lipinski definition) is 5. The topological polar surface area (TPSA) is 99.3 Å². The van der Waals surface area contributed by atoms with Crippen molar-refractivity contribution in [1.29, 1.82) is 0 Å². The third-order valence-electron chi connectivity index (χ3n) is 2.94. The van der Waals surface area contributed by atoms with E-state index >= 15 is 0 Å². The Kier molecular flexibility index (Phi) is 4.40. The molecule has 1 heterocycles. The van der Waals surface area contributed by atoms with Gasteiger partial charge >= 0.3 is 5.69 Å². The molecular formula is C14H16N4O4. The molecule has 0 bridgehead atoms. The molecule has 2 aromatic rings. The second-order valence-corrected chi connectivity index (χ2v) is 4.86. The number of aromatic nitrogens is 2. The molecule has 1 aromatic carbocycles. The van der Waals surface area contributed by atoms with Crippen LogP contribution in [0.5, 0.6) is 5.75 Å². The van der Waals surface area contributed by atoms with Crippen LogP contribution >= 0.6 is 0 Å². The summed E-state index contributed by atoms with van der Waals surface area (Å²) < 4.78 is 6.78. The summed E-state index contributed by atoms with van der Waals surface area (Å²) in [6.45, 7) is 3.23. The van der Waals surface area contributed by atoms with Crippen molar-refractivity contribution in [3.05, 3.63) is 45.6 Å². The van der Waals surface area contributed by atoms with Crippen LogP contribution < -0.4 is 10.1 Å². The number of nitro groups is 1. The molecule has 0 saturated heterocycles. The fourth-order valence-electron chi connectivity index (χ4n) is 1.94. The van der Waals surface area contributed by atoms with Crippen LogP contribution in [0, 0.1) is 24.0 Å². The van der Waals surface area contributed by atoms with Crippen molar-refractivity contribution in [2.24, 2.45) is 7.05 Å². The van der Waals surface area contributed by atoms with Crippen molar-refractivity contribution >= 4 is 17.4 Å². The second-order valence-electron chi connectivity index (χ2n) is 4.86. The summed E-state index contributed by atoms with van der Waals surface area (Å²) in [5.41, 5.74) is 1.35. The maximum Gasteiger partial charge on any atom is 0.311 e. The summed E-state index contributed by atoms with van der Waals surface area (Å²) in [7, 11) is 1.70. The number of nitrogens with zero attached hydrogens (tertiary/aromatic N) is 3. The number of benzene rings is 1. The maximum absolute atomic E-state index is 11.8. The molecule has 8 heteroatoms. The molecule has 0 unspecified atom stereocenters. The molecule has 0 fully saturated rings. The number of nitro benzene ring substituents is 1. The molecular weight excluding hydrogens is 288 g/mol. The first-order valence-electron chi connectivity index (χ1n) is 6.55. The molecule has 0 spiro atoms. The highest BCUT2D eigenvalue weighted by Gasteiger charge is 2.16. The number of hydrogen-bond donors (Lipinski definition) is 1. The van der Waals surface area contributed by atoms with Crippen LogP contribution in [0.15, 0.2) is 24.3 Å². The molecule has 8 nitrogen and oxygen atoms in total.